The average molecular weight is 400 g/mol. The number of halogens is 2. The van der Waals surface area contributed by atoms with Crippen molar-refractivity contribution in [3.05, 3.63) is 70.5 Å². The Bertz CT molecular complexity index is 798. The van der Waals surface area contributed by atoms with Crippen molar-refractivity contribution in [3.63, 3.8) is 0 Å². The monoisotopic (exact) mass is 399 g/mol. The predicted octanol–water partition coefficient (Wildman–Crippen LogP) is 2.66. The van der Waals surface area contributed by atoms with Crippen LogP contribution < -0.4 is 5.73 Å². The molecule has 0 unspecified atom stereocenters. The van der Waals surface area contributed by atoms with Crippen LogP contribution in [-0.2, 0) is 23.2 Å². The summed E-state index contributed by atoms with van der Waals surface area (Å²) in [6, 6.07) is 13.9. The molecule has 8 heteroatoms. The van der Waals surface area contributed by atoms with Gasteiger partial charge >= 0.3 is 0 Å². The molecule has 0 fully saturated rings. The van der Waals surface area contributed by atoms with E-state index in [1.54, 1.807) is 0 Å². The van der Waals surface area contributed by atoms with E-state index < -0.39 is 16.0 Å². The molecule has 0 heterocycles. The minimum Gasteiger partial charge on any atom is -0.329 e. The zero-order valence-electron chi connectivity index (χ0n) is 14.6. The van der Waals surface area contributed by atoms with Crippen molar-refractivity contribution in [2.75, 3.05) is 26.7 Å². The van der Waals surface area contributed by atoms with Gasteiger partial charge in [0.1, 0.15) is 5.82 Å². The Hall–Kier alpha value is -1.51. The van der Waals surface area contributed by atoms with Crippen molar-refractivity contribution < 1.29 is 12.8 Å². The lowest BCUT2D eigenvalue weighted by Crippen LogP contribution is -2.44. The largest absolute Gasteiger partial charge is 0.329 e. The highest BCUT2D eigenvalue weighted by Gasteiger charge is 2.27. The third-order valence-electron chi connectivity index (χ3n) is 4.03. The van der Waals surface area contributed by atoms with E-state index in [4.69, 9.17) is 17.3 Å². The average Bonchev–Trinajstić information content (AvgIpc) is 2.62. The van der Waals surface area contributed by atoms with Crippen molar-refractivity contribution in [3.8, 4) is 0 Å². The second-order valence-electron chi connectivity index (χ2n) is 5.89. The van der Waals surface area contributed by atoms with Crippen LogP contribution in [0, 0.1) is 5.82 Å². The van der Waals surface area contributed by atoms with Crippen LogP contribution in [0.5, 0.6) is 0 Å². The quantitative estimate of drug-likeness (QED) is 0.704. The summed E-state index contributed by atoms with van der Waals surface area (Å²) < 4.78 is 42.2. The molecule has 0 aliphatic heterocycles. The zero-order valence-corrected chi connectivity index (χ0v) is 16.2. The number of rotatable bonds is 9. The molecule has 2 aromatic carbocycles. The Morgan fingerprint density at radius 3 is 2.38 bits per heavy atom. The fraction of sp³-hybridized carbons (Fsp3) is 0.333. The topological polar surface area (TPSA) is 66.6 Å². The first-order chi connectivity index (χ1) is 12.4. The van der Waals surface area contributed by atoms with Crippen molar-refractivity contribution in [1.29, 1.82) is 0 Å². The van der Waals surface area contributed by atoms with E-state index in [1.165, 1.54) is 29.6 Å². The minimum absolute atomic E-state index is 0.149. The molecule has 5 nitrogen and oxygen atoms in total. The molecule has 26 heavy (non-hydrogen) atoms. The van der Waals surface area contributed by atoms with E-state index in [1.807, 2.05) is 30.3 Å². The Balaban J connectivity index is 2.14. The molecule has 0 radical (unpaired) electrons. The first-order valence-corrected chi connectivity index (χ1v) is 10.0. The van der Waals surface area contributed by atoms with Gasteiger partial charge in [-0.2, -0.15) is 17.0 Å². The summed E-state index contributed by atoms with van der Waals surface area (Å²) in [5.41, 5.74) is 6.77. The Labute approximate surface area is 159 Å². The molecule has 0 aliphatic rings. The van der Waals surface area contributed by atoms with Gasteiger partial charge in [-0.05, 0) is 24.1 Å². The van der Waals surface area contributed by atoms with Crippen LogP contribution in [0.25, 0.3) is 0 Å². The Kier molecular flexibility index (Phi) is 7.55. The lowest BCUT2D eigenvalue weighted by molar-refractivity contribution is 0.360. The van der Waals surface area contributed by atoms with Crippen molar-refractivity contribution in [2.45, 2.75) is 13.0 Å². The first kappa shape index (κ1) is 20.8. The third-order valence-corrected chi connectivity index (χ3v) is 6.32. The van der Waals surface area contributed by atoms with Crippen LogP contribution in [0.4, 0.5) is 4.39 Å². The maximum atomic E-state index is 14.0. The molecule has 2 N–H and O–H groups in total. The van der Waals surface area contributed by atoms with Gasteiger partial charge in [-0.3, -0.25) is 0 Å². The van der Waals surface area contributed by atoms with Crippen LogP contribution in [0.2, 0.25) is 5.02 Å². The van der Waals surface area contributed by atoms with Crippen molar-refractivity contribution in [2.24, 2.45) is 5.73 Å². The summed E-state index contributed by atoms with van der Waals surface area (Å²) in [6.45, 7) is 0.520. The number of nitrogens with two attached hydrogens (primary N) is 1. The fourth-order valence-electron chi connectivity index (χ4n) is 2.57. The lowest BCUT2D eigenvalue weighted by Gasteiger charge is -2.27. The van der Waals surface area contributed by atoms with Gasteiger partial charge in [-0.25, -0.2) is 4.39 Å². The van der Waals surface area contributed by atoms with Gasteiger partial charge < -0.3 is 5.73 Å². The van der Waals surface area contributed by atoms with E-state index >= 15 is 0 Å². The first-order valence-electron chi connectivity index (χ1n) is 8.24. The molecule has 0 aliphatic carbocycles. The van der Waals surface area contributed by atoms with Crippen LogP contribution in [0.3, 0.4) is 0 Å². The Morgan fingerprint density at radius 2 is 1.77 bits per heavy atom. The molecule has 0 aromatic heterocycles. The zero-order chi connectivity index (χ0) is 19.2. The molecule has 0 saturated heterocycles. The van der Waals surface area contributed by atoms with Crippen molar-refractivity contribution >= 4 is 21.8 Å². The van der Waals surface area contributed by atoms with Gasteiger partial charge in [0.15, 0.2) is 0 Å². The number of benzene rings is 2. The number of nitrogens with zero attached hydrogens (tertiary/aromatic N) is 2. The van der Waals surface area contributed by atoms with Crippen LogP contribution in [0.1, 0.15) is 11.1 Å². The van der Waals surface area contributed by atoms with Crippen molar-refractivity contribution in [1.82, 2.24) is 8.61 Å². The molecule has 0 saturated carbocycles. The Morgan fingerprint density at radius 1 is 1.08 bits per heavy atom. The fourth-order valence-corrected chi connectivity index (χ4v) is 4.14. The standard InChI is InChI=1S/C18H23ClFN3O2S/c1-22(14-16-17(19)8-5-9-18(16)20)26(24,25)23(13-11-21)12-10-15-6-3-2-4-7-15/h2-9H,10-14,21H2,1H3. The summed E-state index contributed by atoms with van der Waals surface area (Å²) in [5.74, 6) is -0.533. The lowest BCUT2D eigenvalue weighted by atomic mass is 10.1. The summed E-state index contributed by atoms with van der Waals surface area (Å²) >= 11 is 6.01. The van der Waals surface area contributed by atoms with Gasteiger partial charge in [0.2, 0.25) is 0 Å². The van der Waals surface area contributed by atoms with Crippen LogP contribution in [0.15, 0.2) is 48.5 Å². The highest BCUT2D eigenvalue weighted by molar-refractivity contribution is 7.86. The smallest absolute Gasteiger partial charge is 0.282 e. The summed E-state index contributed by atoms with van der Waals surface area (Å²) in [6.07, 6.45) is 0.564. The maximum Gasteiger partial charge on any atom is 0.282 e. The van der Waals surface area contributed by atoms with E-state index in [0.29, 0.717) is 13.0 Å². The number of hydrogen-bond acceptors (Lipinski definition) is 3. The van der Waals surface area contributed by atoms with Crippen LogP contribution in [-0.4, -0.2) is 43.7 Å². The van der Waals surface area contributed by atoms with E-state index in [9.17, 15) is 12.8 Å². The molecule has 0 spiro atoms. The molecule has 142 valence electrons. The molecule has 2 rings (SSSR count). The minimum atomic E-state index is -3.80. The van der Waals surface area contributed by atoms with Gasteiger partial charge in [0.25, 0.3) is 10.2 Å². The van der Waals surface area contributed by atoms with E-state index in [0.717, 1.165) is 9.87 Å². The maximum absolute atomic E-state index is 14.0. The molecular formula is C18H23ClFN3O2S. The van der Waals surface area contributed by atoms with Gasteiger partial charge in [0, 0.05) is 43.8 Å². The molecular weight excluding hydrogens is 377 g/mol. The molecule has 2 aromatic rings. The highest BCUT2D eigenvalue weighted by atomic mass is 35.5. The third kappa shape index (κ3) is 5.25. The summed E-state index contributed by atoms with van der Waals surface area (Å²) in [7, 11) is -2.40. The van der Waals surface area contributed by atoms with Crippen LogP contribution >= 0.6 is 11.6 Å². The molecule has 0 bridgehead atoms. The van der Waals surface area contributed by atoms with Gasteiger partial charge in [-0.15, -0.1) is 0 Å². The second-order valence-corrected chi connectivity index (χ2v) is 8.33. The van der Waals surface area contributed by atoms with E-state index in [-0.39, 0.29) is 30.2 Å². The predicted molar refractivity (Wildman–Crippen MR) is 103 cm³/mol. The summed E-state index contributed by atoms with van der Waals surface area (Å²) in [5, 5.41) is 0.196. The number of hydrogen-bond donors (Lipinski definition) is 1. The highest BCUT2D eigenvalue weighted by Crippen LogP contribution is 2.22. The van der Waals surface area contributed by atoms with Gasteiger partial charge in [0.05, 0.1) is 0 Å². The normalized spacial score (nSPS) is 12.1. The van der Waals surface area contributed by atoms with E-state index in [2.05, 4.69) is 0 Å². The molecule has 0 amide bonds. The summed E-state index contributed by atoms with van der Waals surface area (Å²) in [4.78, 5) is 0. The second kappa shape index (κ2) is 9.43. The SMILES string of the molecule is CN(Cc1c(F)cccc1Cl)S(=O)(=O)N(CCN)CCc1ccccc1. The van der Waals surface area contributed by atoms with Gasteiger partial charge in [-0.1, -0.05) is 48.0 Å². The molecule has 0 atom stereocenters.